The van der Waals surface area contributed by atoms with Gasteiger partial charge in [0, 0.05) is 12.2 Å². The van der Waals surface area contributed by atoms with E-state index < -0.39 is 0 Å². The van der Waals surface area contributed by atoms with Gasteiger partial charge in [-0.25, -0.2) is 4.98 Å². The summed E-state index contributed by atoms with van der Waals surface area (Å²) in [5.74, 6) is 0.542. The molecule has 1 heterocycles. The minimum absolute atomic E-state index is 0.488. The van der Waals surface area contributed by atoms with E-state index in [1.54, 1.807) is 0 Å². The molecule has 0 saturated carbocycles. The zero-order valence-electron chi connectivity index (χ0n) is 11.2. The van der Waals surface area contributed by atoms with Gasteiger partial charge in [-0.15, -0.1) is 11.6 Å². The molecule has 0 amide bonds. The smallest absolute Gasteiger partial charge is 0.0951 e. The van der Waals surface area contributed by atoms with Crippen LogP contribution in [0.15, 0.2) is 12.5 Å². The van der Waals surface area contributed by atoms with Crippen LogP contribution in [0.5, 0.6) is 0 Å². The summed E-state index contributed by atoms with van der Waals surface area (Å²) < 4.78 is 2.19. The molecule has 4 heteroatoms. The highest BCUT2D eigenvalue weighted by Crippen LogP contribution is 2.17. The Kier molecular flexibility index (Phi) is 6.60. The van der Waals surface area contributed by atoms with Gasteiger partial charge in [-0.05, 0) is 39.4 Å². The monoisotopic (exact) mass is 257 g/mol. The minimum Gasteiger partial charge on any atom is -0.331 e. The van der Waals surface area contributed by atoms with E-state index >= 15 is 0 Å². The van der Waals surface area contributed by atoms with Crippen LogP contribution in [0.25, 0.3) is 0 Å². The van der Waals surface area contributed by atoms with Crippen LogP contribution in [0.4, 0.5) is 0 Å². The average Bonchev–Trinajstić information content (AvgIpc) is 2.82. The summed E-state index contributed by atoms with van der Waals surface area (Å²) in [4.78, 5) is 6.62. The Labute approximate surface area is 110 Å². The second kappa shape index (κ2) is 7.72. The maximum atomic E-state index is 5.88. The Morgan fingerprint density at radius 2 is 2.12 bits per heavy atom. The number of nitrogens with zero attached hydrogens (tertiary/aromatic N) is 3. The van der Waals surface area contributed by atoms with Crippen molar-refractivity contribution >= 4 is 11.6 Å². The van der Waals surface area contributed by atoms with E-state index in [9.17, 15) is 0 Å². The summed E-state index contributed by atoms with van der Waals surface area (Å²) >= 11 is 5.88. The molecule has 17 heavy (non-hydrogen) atoms. The molecule has 0 aliphatic carbocycles. The standard InChI is InChI=1S/C13H24ClN3/c1-4-16(5-2)8-6-7-12(3)17-11-15-10-13(17)9-14/h10-12H,4-9H2,1-3H3. The quantitative estimate of drug-likeness (QED) is 0.667. The van der Waals surface area contributed by atoms with E-state index in [0.717, 1.165) is 18.8 Å². The number of halogens is 1. The molecule has 1 rings (SSSR count). The average molecular weight is 258 g/mol. The molecule has 1 atom stereocenters. The first-order valence-electron chi connectivity index (χ1n) is 6.51. The topological polar surface area (TPSA) is 21.1 Å². The van der Waals surface area contributed by atoms with E-state index in [2.05, 4.69) is 35.2 Å². The fourth-order valence-corrected chi connectivity index (χ4v) is 2.33. The number of hydrogen-bond donors (Lipinski definition) is 0. The van der Waals surface area contributed by atoms with Crippen LogP contribution >= 0.6 is 11.6 Å². The molecule has 98 valence electrons. The van der Waals surface area contributed by atoms with E-state index in [-0.39, 0.29) is 0 Å². The summed E-state index contributed by atoms with van der Waals surface area (Å²) in [5.41, 5.74) is 1.11. The molecular formula is C13H24ClN3. The lowest BCUT2D eigenvalue weighted by atomic mass is 10.1. The lowest BCUT2D eigenvalue weighted by Crippen LogP contribution is -2.24. The second-order valence-corrected chi connectivity index (χ2v) is 4.71. The molecule has 0 fully saturated rings. The van der Waals surface area contributed by atoms with Crippen molar-refractivity contribution in [3.63, 3.8) is 0 Å². The highest BCUT2D eigenvalue weighted by molar-refractivity contribution is 6.16. The predicted octanol–water partition coefficient (Wildman–Crippen LogP) is 3.30. The van der Waals surface area contributed by atoms with Gasteiger partial charge in [0.2, 0.25) is 0 Å². The maximum absolute atomic E-state index is 5.88. The summed E-state index contributed by atoms with van der Waals surface area (Å²) in [6.07, 6.45) is 6.15. The van der Waals surface area contributed by atoms with E-state index in [1.165, 1.54) is 19.4 Å². The largest absolute Gasteiger partial charge is 0.331 e. The molecule has 0 aromatic carbocycles. The van der Waals surface area contributed by atoms with Crippen molar-refractivity contribution in [2.75, 3.05) is 19.6 Å². The summed E-state index contributed by atoms with van der Waals surface area (Å²) in [6.45, 7) is 10.1. The number of alkyl halides is 1. The predicted molar refractivity (Wildman–Crippen MR) is 73.5 cm³/mol. The fourth-order valence-electron chi connectivity index (χ4n) is 2.12. The van der Waals surface area contributed by atoms with Crippen molar-refractivity contribution in [3.8, 4) is 0 Å². The van der Waals surface area contributed by atoms with Gasteiger partial charge in [0.25, 0.3) is 0 Å². The van der Waals surface area contributed by atoms with Crippen LogP contribution in [0.3, 0.4) is 0 Å². The van der Waals surface area contributed by atoms with E-state index in [1.807, 2.05) is 12.5 Å². The van der Waals surface area contributed by atoms with Gasteiger partial charge in [0.1, 0.15) is 0 Å². The van der Waals surface area contributed by atoms with Crippen molar-refractivity contribution in [2.45, 2.75) is 45.5 Å². The highest BCUT2D eigenvalue weighted by Gasteiger charge is 2.09. The zero-order valence-corrected chi connectivity index (χ0v) is 12.0. The molecule has 1 aromatic rings. The molecule has 0 aliphatic rings. The third kappa shape index (κ3) is 4.32. The summed E-state index contributed by atoms with van der Waals surface area (Å²) in [5, 5.41) is 0. The highest BCUT2D eigenvalue weighted by atomic mass is 35.5. The SMILES string of the molecule is CCN(CC)CCCC(C)n1cncc1CCl. The van der Waals surface area contributed by atoms with E-state index in [4.69, 9.17) is 11.6 Å². The van der Waals surface area contributed by atoms with Crippen molar-refractivity contribution in [2.24, 2.45) is 0 Å². The van der Waals surface area contributed by atoms with E-state index in [0.29, 0.717) is 11.9 Å². The molecule has 0 spiro atoms. The molecule has 0 bridgehead atoms. The Morgan fingerprint density at radius 3 is 2.71 bits per heavy atom. The third-order valence-electron chi connectivity index (χ3n) is 3.35. The first kappa shape index (κ1) is 14.5. The normalized spacial score (nSPS) is 13.2. The first-order chi connectivity index (χ1) is 8.22. The number of rotatable bonds is 8. The van der Waals surface area contributed by atoms with Gasteiger partial charge in [-0.2, -0.15) is 0 Å². The molecule has 0 saturated heterocycles. The van der Waals surface area contributed by atoms with Crippen LogP contribution < -0.4 is 0 Å². The third-order valence-corrected chi connectivity index (χ3v) is 3.62. The number of aromatic nitrogens is 2. The van der Waals surface area contributed by atoms with Crippen molar-refractivity contribution < 1.29 is 0 Å². The van der Waals surface area contributed by atoms with Crippen LogP contribution in [-0.2, 0) is 5.88 Å². The molecule has 3 nitrogen and oxygen atoms in total. The molecule has 0 aliphatic heterocycles. The Balaban J connectivity index is 2.37. The fraction of sp³-hybridized carbons (Fsp3) is 0.769. The minimum atomic E-state index is 0.488. The molecule has 1 unspecified atom stereocenters. The van der Waals surface area contributed by atoms with Gasteiger partial charge in [0.05, 0.1) is 17.9 Å². The van der Waals surface area contributed by atoms with Gasteiger partial charge in [-0.1, -0.05) is 13.8 Å². The Hall–Kier alpha value is -0.540. The van der Waals surface area contributed by atoms with Gasteiger partial charge in [-0.3, -0.25) is 0 Å². The maximum Gasteiger partial charge on any atom is 0.0951 e. The van der Waals surface area contributed by atoms with Gasteiger partial charge < -0.3 is 9.47 Å². The van der Waals surface area contributed by atoms with Crippen LogP contribution in [0.2, 0.25) is 0 Å². The lowest BCUT2D eigenvalue weighted by Gasteiger charge is -2.20. The van der Waals surface area contributed by atoms with Crippen LogP contribution in [0.1, 0.15) is 45.3 Å². The molecule has 1 aromatic heterocycles. The molecule has 0 N–H and O–H groups in total. The molecule has 0 radical (unpaired) electrons. The second-order valence-electron chi connectivity index (χ2n) is 4.44. The van der Waals surface area contributed by atoms with Crippen molar-refractivity contribution in [1.82, 2.24) is 14.5 Å². The Bertz CT molecular complexity index is 307. The number of imidazole rings is 1. The first-order valence-corrected chi connectivity index (χ1v) is 7.05. The van der Waals surface area contributed by atoms with Gasteiger partial charge in [0.15, 0.2) is 0 Å². The van der Waals surface area contributed by atoms with Crippen LogP contribution in [0, 0.1) is 0 Å². The summed E-state index contributed by atoms with van der Waals surface area (Å²) in [6, 6.07) is 0.488. The summed E-state index contributed by atoms with van der Waals surface area (Å²) in [7, 11) is 0. The number of hydrogen-bond acceptors (Lipinski definition) is 2. The van der Waals surface area contributed by atoms with Gasteiger partial charge >= 0.3 is 0 Å². The lowest BCUT2D eigenvalue weighted by molar-refractivity contribution is 0.288. The van der Waals surface area contributed by atoms with Crippen molar-refractivity contribution in [3.05, 3.63) is 18.2 Å². The molecular weight excluding hydrogens is 234 g/mol. The van der Waals surface area contributed by atoms with Crippen LogP contribution in [-0.4, -0.2) is 34.1 Å². The van der Waals surface area contributed by atoms with Crippen molar-refractivity contribution in [1.29, 1.82) is 0 Å². The Morgan fingerprint density at radius 1 is 1.41 bits per heavy atom. The zero-order chi connectivity index (χ0) is 12.7.